The zero-order chi connectivity index (χ0) is 14.5. The molecule has 3 nitrogen and oxygen atoms in total. The van der Waals surface area contributed by atoms with Crippen molar-refractivity contribution < 1.29 is 17.9 Å². The summed E-state index contributed by atoms with van der Waals surface area (Å²) in [5.41, 5.74) is 0.604. The topological polar surface area (TPSA) is 27.1 Å². The van der Waals surface area contributed by atoms with Gasteiger partial charge in [0.1, 0.15) is 17.1 Å². The van der Waals surface area contributed by atoms with E-state index in [1.54, 1.807) is 6.92 Å². The first kappa shape index (κ1) is 13.3. The van der Waals surface area contributed by atoms with Gasteiger partial charge < -0.3 is 9.30 Å². The van der Waals surface area contributed by atoms with E-state index in [2.05, 4.69) is 16.6 Å². The van der Waals surface area contributed by atoms with Crippen LogP contribution < -0.4 is 4.74 Å². The minimum absolute atomic E-state index is 0.116. The van der Waals surface area contributed by atoms with Crippen molar-refractivity contribution in [2.75, 3.05) is 0 Å². The second-order valence-electron chi connectivity index (χ2n) is 5.50. The number of halogens is 3. The summed E-state index contributed by atoms with van der Waals surface area (Å²) < 4.78 is 44.9. The van der Waals surface area contributed by atoms with E-state index in [1.807, 2.05) is 4.57 Å². The van der Waals surface area contributed by atoms with Crippen molar-refractivity contribution in [1.29, 1.82) is 0 Å². The number of aromatic nitrogens is 2. The maximum absolute atomic E-state index is 14.0. The first-order valence-corrected chi connectivity index (χ1v) is 6.55. The van der Waals surface area contributed by atoms with Gasteiger partial charge in [0.2, 0.25) is 0 Å². The van der Waals surface area contributed by atoms with E-state index in [-0.39, 0.29) is 16.8 Å². The largest absolute Gasteiger partial charge is 0.435 e. The lowest BCUT2D eigenvalue weighted by molar-refractivity contribution is -0.0499. The molecule has 0 saturated heterocycles. The van der Waals surface area contributed by atoms with Gasteiger partial charge in [-0.25, -0.2) is 9.37 Å². The molecule has 0 spiro atoms. The summed E-state index contributed by atoms with van der Waals surface area (Å²) in [5, 5.41) is 0. The van der Waals surface area contributed by atoms with Crippen LogP contribution in [0.5, 0.6) is 5.75 Å². The van der Waals surface area contributed by atoms with E-state index < -0.39 is 12.4 Å². The van der Waals surface area contributed by atoms with Crippen LogP contribution in [-0.4, -0.2) is 16.2 Å². The molecule has 0 unspecified atom stereocenters. The van der Waals surface area contributed by atoms with Gasteiger partial charge in [0.15, 0.2) is 5.82 Å². The third-order valence-electron chi connectivity index (χ3n) is 4.05. The fourth-order valence-electron chi connectivity index (χ4n) is 2.99. The number of hydrogen-bond acceptors (Lipinski definition) is 2. The number of hydrogen-bond donors (Lipinski definition) is 0. The Bertz CT molecular complexity index is 662. The summed E-state index contributed by atoms with van der Waals surface area (Å²) in [4.78, 5) is 4.23. The lowest BCUT2D eigenvalue weighted by atomic mass is 9.78. The van der Waals surface area contributed by atoms with Crippen molar-refractivity contribution in [2.45, 2.75) is 45.3 Å². The molecule has 1 fully saturated rings. The Morgan fingerprint density at radius 2 is 2.05 bits per heavy atom. The van der Waals surface area contributed by atoms with Crippen LogP contribution in [0.25, 0.3) is 11.0 Å². The van der Waals surface area contributed by atoms with Crippen LogP contribution in [0.4, 0.5) is 13.2 Å². The van der Waals surface area contributed by atoms with Gasteiger partial charge in [-0.05, 0) is 33.1 Å². The van der Waals surface area contributed by atoms with Crippen LogP contribution in [0.1, 0.15) is 32.0 Å². The zero-order valence-electron chi connectivity index (χ0n) is 11.3. The SMILES string of the molecule is Cc1nc2c(F)cc(OC(F)F)cc2n1C1(C)CCC1. The predicted octanol–water partition coefficient (Wildman–Crippen LogP) is 3.98. The molecule has 0 radical (unpaired) electrons. The Kier molecular flexibility index (Phi) is 2.92. The standard InChI is InChI=1S/C14H15F3N2O/c1-8-18-12-10(15)6-9(20-13(16)17)7-11(12)19(8)14(2)4-3-5-14/h6-7,13H,3-5H2,1-2H3. The fraction of sp³-hybridized carbons (Fsp3) is 0.500. The number of rotatable bonds is 3. The van der Waals surface area contributed by atoms with Crippen LogP contribution in [0, 0.1) is 12.7 Å². The van der Waals surface area contributed by atoms with E-state index in [0.29, 0.717) is 11.3 Å². The Balaban J connectivity index is 2.19. The molecule has 1 aliphatic rings. The number of nitrogens with zero attached hydrogens (tertiary/aromatic N) is 2. The Labute approximate surface area is 114 Å². The lowest BCUT2D eigenvalue weighted by Gasteiger charge is -2.41. The quantitative estimate of drug-likeness (QED) is 0.852. The van der Waals surface area contributed by atoms with E-state index in [1.165, 1.54) is 6.07 Å². The van der Waals surface area contributed by atoms with E-state index in [0.717, 1.165) is 25.3 Å². The van der Waals surface area contributed by atoms with E-state index in [4.69, 9.17) is 0 Å². The molecule has 6 heteroatoms. The van der Waals surface area contributed by atoms with Gasteiger partial charge in [0, 0.05) is 17.7 Å². The van der Waals surface area contributed by atoms with Crippen molar-refractivity contribution in [2.24, 2.45) is 0 Å². The smallest absolute Gasteiger partial charge is 0.387 e. The highest BCUT2D eigenvalue weighted by Crippen LogP contribution is 2.42. The molecule has 0 aliphatic heterocycles. The lowest BCUT2D eigenvalue weighted by Crippen LogP contribution is -2.37. The Morgan fingerprint density at radius 3 is 2.60 bits per heavy atom. The molecule has 3 rings (SSSR count). The maximum Gasteiger partial charge on any atom is 0.387 e. The van der Waals surface area contributed by atoms with Crippen molar-refractivity contribution in [1.82, 2.24) is 9.55 Å². The van der Waals surface area contributed by atoms with Crippen LogP contribution in [0.2, 0.25) is 0 Å². The van der Waals surface area contributed by atoms with Crippen molar-refractivity contribution in [3.63, 3.8) is 0 Å². The number of aryl methyl sites for hydroxylation is 1. The van der Waals surface area contributed by atoms with E-state index in [9.17, 15) is 13.2 Å². The molecule has 1 aromatic heterocycles. The highest BCUT2D eigenvalue weighted by atomic mass is 19.3. The number of imidazole rings is 1. The molecule has 0 bridgehead atoms. The summed E-state index contributed by atoms with van der Waals surface area (Å²) in [6.45, 7) is 0.906. The first-order valence-electron chi connectivity index (χ1n) is 6.55. The van der Waals surface area contributed by atoms with Gasteiger partial charge in [0.05, 0.1) is 5.52 Å². The Hall–Kier alpha value is -1.72. The number of ether oxygens (including phenoxy) is 1. The summed E-state index contributed by atoms with van der Waals surface area (Å²) >= 11 is 0. The minimum atomic E-state index is -2.97. The molecule has 1 aromatic carbocycles. The predicted molar refractivity (Wildman–Crippen MR) is 68.6 cm³/mol. The minimum Gasteiger partial charge on any atom is -0.435 e. The molecule has 0 atom stereocenters. The number of benzene rings is 1. The third kappa shape index (κ3) is 1.94. The van der Waals surface area contributed by atoms with Crippen molar-refractivity contribution in [3.8, 4) is 5.75 Å². The molecular weight excluding hydrogens is 269 g/mol. The first-order chi connectivity index (χ1) is 9.40. The molecule has 1 heterocycles. The monoisotopic (exact) mass is 284 g/mol. The molecule has 2 aromatic rings. The van der Waals surface area contributed by atoms with Crippen molar-refractivity contribution in [3.05, 3.63) is 23.8 Å². The van der Waals surface area contributed by atoms with E-state index >= 15 is 0 Å². The second-order valence-corrected chi connectivity index (χ2v) is 5.50. The molecule has 0 N–H and O–H groups in total. The molecular formula is C14H15F3N2O. The Morgan fingerprint density at radius 1 is 1.35 bits per heavy atom. The molecule has 108 valence electrons. The summed E-state index contributed by atoms with van der Waals surface area (Å²) in [6, 6.07) is 2.39. The van der Waals surface area contributed by atoms with Crippen LogP contribution in [0.3, 0.4) is 0 Å². The van der Waals surface area contributed by atoms with Crippen LogP contribution >= 0.6 is 0 Å². The second kappa shape index (κ2) is 4.40. The van der Waals surface area contributed by atoms with Gasteiger partial charge in [-0.1, -0.05) is 0 Å². The summed E-state index contributed by atoms with van der Waals surface area (Å²) in [7, 11) is 0. The van der Waals surface area contributed by atoms with Gasteiger partial charge in [-0.2, -0.15) is 8.78 Å². The fourth-order valence-corrected chi connectivity index (χ4v) is 2.99. The van der Waals surface area contributed by atoms with Crippen LogP contribution in [-0.2, 0) is 5.54 Å². The average Bonchev–Trinajstić information content (AvgIpc) is 2.63. The van der Waals surface area contributed by atoms with Gasteiger partial charge in [-0.3, -0.25) is 0 Å². The van der Waals surface area contributed by atoms with Gasteiger partial charge >= 0.3 is 6.61 Å². The normalized spacial score (nSPS) is 17.5. The molecule has 0 amide bonds. The molecule has 1 aliphatic carbocycles. The molecule has 1 saturated carbocycles. The zero-order valence-corrected chi connectivity index (χ0v) is 11.3. The number of fused-ring (bicyclic) bond motifs is 1. The maximum atomic E-state index is 14.0. The summed E-state index contributed by atoms with van der Waals surface area (Å²) in [5.74, 6) is -0.118. The third-order valence-corrected chi connectivity index (χ3v) is 4.05. The average molecular weight is 284 g/mol. The van der Waals surface area contributed by atoms with Crippen LogP contribution in [0.15, 0.2) is 12.1 Å². The van der Waals surface area contributed by atoms with Crippen molar-refractivity contribution >= 4 is 11.0 Å². The molecule has 20 heavy (non-hydrogen) atoms. The highest BCUT2D eigenvalue weighted by molar-refractivity contribution is 5.79. The summed E-state index contributed by atoms with van der Waals surface area (Å²) in [6.07, 6.45) is 3.05. The van der Waals surface area contributed by atoms with Gasteiger partial charge in [0.25, 0.3) is 0 Å². The highest BCUT2D eigenvalue weighted by Gasteiger charge is 2.36. The van der Waals surface area contributed by atoms with Gasteiger partial charge in [-0.15, -0.1) is 0 Å². The number of alkyl halides is 2.